The van der Waals surface area contributed by atoms with Gasteiger partial charge in [0.25, 0.3) is 0 Å². The van der Waals surface area contributed by atoms with Crippen molar-refractivity contribution >= 4 is 0 Å². The van der Waals surface area contributed by atoms with E-state index in [0.29, 0.717) is 0 Å². The lowest BCUT2D eigenvalue weighted by Crippen LogP contribution is -2.22. The first-order valence-corrected chi connectivity index (χ1v) is 7.12. The zero-order valence-electron chi connectivity index (χ0n) is 11.8. The highest BCUT2D eigenvalue weighted by atomic mass is 16.5. The second kappa shape index (κ2) is 6.24. The van der Waals surface area contributed by atoms with Gasteiger partial charge in [0, 0.05) is 12.1 Å². The van der Waals surface area contributed by atoms with Gasteiger partial charge in [0.2, 0.25) is 0 Å². The zero-order valence-corrected chi connectivity index (χ0v) is 11.8. The lowest BCUT2D eigenvalue weighted by Gasteiger charge is -2.16. The molecule has 1 N–H and O–H groups in total. The average Bonchev–Trinajstić information content (AvgIpc) is 3.14. The summed E-state index contributed by atoms with van der Waals surface area (Å²) in [6, 6.07) is 8.32. The van der Waals surface area contributed by atoms with Gasteiger partial charge in [-0.2, -0.15) is 0 Å². The molecule has 0 bridgehead atoms. The SMILES string of the molecule is CC(C)Oc1ccccc1CNCC(C)C1CC1. The van der Waals surface area contributed by atoms with Crippen molar-refractivity contribution in [3.8, 4) is 5.75 Å². The molecule has 100 valence electrons. The largest absolute Gasteiger partial charge is 0.491 e. The van der Waals surface area contributed by atoms with Crippen LogP contribution >= 0.6 is 0 Å². The van der Waals surface area contributed by atoms with Crippen molar-refractivity contribution in [2.75, 3.05) is 6.54 Å². The van der Waals surface area contributed by atoms with Crippen molar-refractivity contribution in [2.45, 2.75) is 46.3 Å². The zero-order chi connectivity index (χ0) is 13.0. The number of hydrogen-bond donors (Lipinski definition) is 1. The van der Waals surface area contributed by atoms with E-state index in [1.165, 1.54) is 18.4 Å². The van der Waals surface area contributed by atoms with Crippen LogP contribution in [0.5, 0.6) is 5.75 Å². The maximum absolute atomic E-state index is 5.82. The molecule has 1 aromatic carbocycles. The van der Waals surface area contributed by atoms with Gasteiger partial charge in [-0.1, -0.05) is 25.1 Å². The standard InChI is InChI=1S/C16H25NO/c1-12(2)18-16-7-5-4-6-15(16)11-17-10-13(3)14-8-9-14/h4-7,12-14,17H,8-11H2,1-3H3. The first kappa shape index (κ1) is 13.4. The highest BCUT2D eigenvalue weighted by molar-refractivity contribution is 5.33. The van der Waals surface area contributed by atoms with Gasteiger partial charge in [-0.15, -0.1) is 0 Å². The smallest absolute Gasteiger partial charge is 0.124 e. The quantitative estimate of drug-likeness (QED) is 0.794. The van der Waals surface area contributed by atoms with Crippen LogP contribution in [-0.4, -0.2) is 12.6 Å². The van der Waals surface area contributed by atoms with E-state index < -0.39 is 0 Å². The van der Waals surface area contributed by atoms with E-state index in [-0.39, 0.29) is 6.10 Å². The number of hydrogen-bond acceptors (Lipinski definition) is 2. The molecule has 2 rings (SSSR count). The molecule has 1 aromatic rings. The molecular formula is C16H25NO. The molecule has 1 fully saturated rings. The predicted molar refractivity (Wildman–Crippen MR) is 75.8 cm³/mol. The summed E-state index contributed by atoms with van der Waals surface area (Å²) in [5.74, 6) is 2.79. The molecule has 0 spiro atoms. The second-order valence-corrected chi connectivity index (χ2v) is 5.72. The number of benzene rings is 1. The highest BCUT2D eigenvalue weighted by Crippen LogP contribution is 2.36. The van der Waals surface area contributed by atoms with E-state index >= 15 is 0 Å². The summed E-state index contributed by atoms with van der Waals surface area (Å²) in [7, 11) is 0. The van der Waals surface area contributed by atoms with Gasteiger partial charge in [-0.05, 0) is 51.1 Å². The third-order valence-corrected chi connectivity index (χ3v) is 3.54. The number of rotatable bonds is 7. The number of ether oxygens (including phenoxy) is 1. The Bertz CT molecular complexity index is 371. The first-order chi connectivity index (χ1) is 8.66. The van der Waals surface area contributed by atoms with E-state index in [0.717, 1.165) is 30.7 Å². The molecule has 1 saturated carbocycles. The lowest BCUT2D eigenvalue weighted by atomic mass is 10.1. The van der Waals surface area contributed by atoms with Crippen LogP contribution in [0.3, 0.4) is 0 Å². The highest BCUT2D eigenvalue weighted by Gasteiger charge is 2.27. The van der Waals surface area contributed by atoms with E-state index in [1.807, 2.05) is 6.07 Å². The summed E-state index contributed by atoms with van der Waals surface area (Å²) in [4.78, 5) is 0. The molecule has 0 radical (unpaired) electrons. The molecule has 1 atom stereocenters. The normalized spacial score (nSPS) is 16.9. The summed E-state index contributed by atoms with van der Waals surface area (Å²) in [5, 5.41) is 3.56. The molecule has 2 heteroatoms. The van der Waals surface area contributed by atoms with Crippen LogP contribution in [0.4, 0.5) is 0 Å². The van der Waals surface area contributed by atoms with Crippen LogP contribution in [0.15, 0.2) is 24.3 Å². The molecule has 0 amide bonds. The molecule has 0 heterocycles. The van der Waals surface area contributed by atoms with Crippen molar-refractivity contribution < 1.29 is 4.74 Å². The van der Waals surface area contributed by atoms with Gasteiger partial charge in [-0.25, -0.2) is 0 Å². The molecule has 1 unspecified atom stereocenters. The first-order valence-electron chi connectivity index (χ1n) is 7.12. The fraction of sp³-hybridized carbons (Fsp3) is 0.625. The summed E-state index contributed by atoms with van der Waals surface area (Å²) in [6.07, 6.45) is 3.09. The summed E-state index contributed by atoms with van der Waals surface area (Å²) < 4.78 is 5.82. The van der Waals surface area contributed by atoms with Crippen LogP contribution in [0.25, 0.3) is 0 Å². The van der Waals surface area contributed by atoms with Crippen LogP contribution in [0.1, 0.15) is 39.2 Å². The fourth-order valence-corrected chi connectivity index (χ4v) is 2.29. The van der Waals surface area contributed by atoms with Crippen LogP contribution in [0.2, 0.25) is 0 Å². The fourth-order valence-electron chi connectivity index (χ4n) is 2.29. The van der Waals surface area contributed by atoms with Crippen molar-refractivity contribution in [1.29, 1.82) is 0 Å². The van der Waals surface area contributed by atoms with Gasteiger partial charge >= 0.3 is 0 Å². The van der Waals surface area contributed by atoms with Crippen molar-refractivity contribution in [3.05, 3.63) is 29.8 Å². The van der Waals surface area contributed by atoms with E-state index in [4.69, 9.17) is 4.74 Å². The number of para-hydroxylation sites is 1. The minimum atomic E-state index is 0.233. The monoisotopic (exact) mass is 247 g/mol. The third-order valence-electron chi connectivity index (χ3n) is 3.54. The van der Waals surface area contributed by atoms with E-state index in [1.54, 1.807) is 0 Å². The molecule has 0 saturated heterocycles. The van der Waals surface area contributed by atoms with Gasteiger partial charge in [0.1, 0.15) is 5.75 Å². The molecule has 1 aliphatic carbocycles. The predicted octanol–water partition coefficient (Wildman–Crippen LogP) is 3.61. The Morgan fingerprint density at radius 3 is 2.61 bits per heavy atom. The minimum Gasteiger partial charge on any atom is -0.491 e. The summed E-state index contributed by atoms with van der Waals surface area (Å²) >= 11 is 0. The maximum atomic E-state index is 5.82. The minimum absolute atomic E-state index is 0.233. The maximum Gasteiger partial charge on any atom is 0.124 e. The molecule has 18 heavy (non-hydrogen) atoms. The Hall–Kier alpha value is -1.02. The van der Waals surface area contributed by atoms with Gasteiger partial charge < -0.3 is 10.1 Å². The van der Waals surface area contributed by atoms with Crippen molar-refractivity contribution in [2.24, 2.45) is 11.8 Å². The van der Waals surface area contributed by atoms with Gasteiger partial charge in [-0.3, -0.25) is 0 Å². The summed E-state index contributed by atoms with van der Waals surface area (Å²) in [6.45, 7) is 8.50. The van der Waals surface area contributed by atoms with Gasteiger partial charge in [0.15, 0.2) is 0 Å². The Balaban J connectivity index is 1.83. The lowest BCUT2D eigenvalue weighted by molar-refractivity contribution is 0.239. The molecule has 0 aliphatic heterocycles. The average molecular weight is 247 g/mol. The van der Waals surface area contributed by atoms with Crippen LogP contribution in [-0.2, 0) is 6.54 Å². The topological polar surface area (TPSA) is 21.3 Å². The van der Waals surface area contributed by atoms with Crippen LogP contribution in [0, 0.1) is 11.8 Å². The number of nitrogens with one attached hydrogen (secondary N) is 1. The van der Waals surface area contributed by atoms with Crippen molar-refractivity contribution in [3.63, 3.8) is 0 Å². The Kier molecular flexibility index (Phi) is 4.65. The van der Waals surface area contributed by atoms with E-state index in [9.17, 15) is 0 Å². The van der Waals surface area contributed by atoms with Gasteiger partial charge in [0.05, 0.1) is 6.10 Å². The summed E-state index contributed by atoms with van der Waals surface area (Å²) in [5.41, 5.74) is 1.26. The molecule has 1 aliphatic rings. The van der Waals surface area contributed by atoms with Crippen LogP contribution < -0.4 is 10.1 Å². The Morgan fingerprint density at radius 2 is 1.94 bits per heavy atom. The molecular weight excluding hydrogens is 222 g/mol. The molecule has 0 aromatic heterocycles. The van der Waals surface area contributed by atoms with Crippen molar-refractivity contribution in [1.82, 2.24) is 5.32 Å². The Morgan fingerprint density at radius 1 is 1.22 bits per heavy atom. The second-order valence-electron chi connectivity index (χ2n) is 5.72. The third kappa shape index (κ3) is 4.02. The van der Waals surface area contributed by atoms with E-state index in [2.05, 4.69) is 44.3 Å². The Labute approximate surface area is 111 Å². The molecule has 2 nitrogen and oxygen atoms in total.